The third-order valence-electron chi connectivity index (χ3n) is 4.26. The van der Waals surface area contributed by atoms with E-state index < -0.39 is 0 Å². The fourth-order valence-corrected chi connectivity index (χ4v) is 2.73. The van der Waals surface area contributed by atoms with Crippen LogP contribution in [0.25, 0.3) is 11.3 Å². The summed E-state index contributed by atoms with van der Waals surface area (Å²) in [6.07, 6.45) is 1.70. The number of hydrogen-bond donors (Lipinski definition) is 0. The number of nitrogens with zero attached hydrogens (tertiary/aromatic N) is 1. The van der Waals surface area contributed by atoms with Gasteiger partial charge in [-0.25, -0.2) is 4.79 Å². The fraction of sp³-hybridized carbons (Fsp3) is 0.217. The average Bonchev–Trinajstić information content (AvgIpc) is 2.66. The highest BCUT2D eigenvalue weighted by atomic mass is 16.5. The molecule has 0 N–H and O–H groups in total. The lowest BCUT2D eigenvalue weighted by molar-refractivity contribution is 0.0473. The Hall–Kier alpha value is -2.94. The molecule has 0 radical (unpaired) electrons. The molecule has 1 heterocycles. The molecule has 1 aromatic heterocycles. The second kappa shape index (κ2) is 7.52. The molecule has 0 aliphatic carbocycles. The Balaban J connectivity index is 1.82. The van der Waals surface area contributed by atoms with Gasteiger partial charge in [-0.1, -0.05) is 75.4 Å². The van der Waals surface area contributed by atoms with Crippen LogP contribution < -0.4 is 0 Å². The second-order valence-corrected chi connectivity index (χ2v) is 7.29. The minimum Gasteiger partial charge on any atom is -0.457 e. The third kappa shape index (κ3) is 4.17. The van der Waals surface area contributed by atoms with Crippen molar-refractivity contribution in [2.45, 2.75) is 32.8 Å². The van der Waals surface area contributed by atoms with Gasteiger partial charge in [-0.3, -0.25) is 4.98 Å². The molecule has 0 aliphatic rings. The molecule has 0 fully saturated rings. The van der Waals surface area contributed by atoms with Crippen LogP contribution in [0.2, 0.25) is 0 Å². The zero-order valence-corrected chi connectivity index (χ0v) is 15.4. The van der Waals surface area contributed by atoms with Crippen molar-refractivity contribution in [3.63, 3.8) is 0 Å². The molecule has 0 spiro atoms. The van der Waals surface area contributed by atoms with E-state index in [4.69, 9.17) is 4.74 Å². The molecule has 0 bridgehead atoms. The number of pyridine rings is 1. The molecule has 3 aromatic rings. The van der Waals surface area contributed by atoms with Crippen molar-refractivity contribution in [3.8, 4) is 11.3 Å². The Bertz CT molecular complexity index is 878. The standard InChI is InChI=1S/C23H23NO2/c1-23(2,3)19-13-11-18(12-14-19)21-20(10-7-15-24-21)22(25)26-16-17-8-5-4-6-9-17/h4-15H,16H2,1-3H3. The van der Waals surface area contributed by atoms with Gasteiger partial charge in [0.2, 0.25) is 0 Å². The van der Waals surface area contributed by atoms with Gasteiger partial charge in [0, 0.05) is 11.8 Å². The van der Waals surface area contributed by atoms with Crippen LogP contribution in [-0.4, -0.2) is 11.0 Å². The van der Waals surface area contributed by atoms with E-state index in [1.807, 2.05) is 42.5 Å². The summed E-state index contributed by atoms with van der Waals surface area (Å²) in [7, 11) is 0. The number of carbonyl (C=O) groups is 1. The molecule has 26 heavy (non-hydrogen) atoms. The minimum absolute atomic E-state index is 0.0834. The summed E-state index contributed by atoms with van der Waals surface area (Å²) < 4.78 is 5.48. The van der Waals surface area contributed by atoms with Crippen LogP contribution in [0, 0.1) is 0 Å². The molecular formula is C23H23NO2. The molecule has 0 atom stereocenters. The van der Waals surface area contributed by atoms with Gasteiger partial charge in [0.25, 0.3) is 0 Å². The van der Waals surface area contributed by atoms with Crippen LogP contribution in [0.5, 0.6) is 0 Å². The zero-order valence-electron chi connectivity index (χ0n) is 15.4. The van der Waals surface area contributed by atoms with Crippen LogP contribution in [-0.2, 0) is 16.8 Å². The quantitative estimate of drug-likeness (QED) is 0.594. The molecular weight excluding hydrogens is 322 g/mol. The summed E-state index contributed by atoms with van der Waals surface area (Å²) in [5.74, 6) is -0.364. The van der Waals surface area contributed by atoms with Gasteiger partial charge >= 0.3 is 5.97 Å². The Labute approximate surface area is 154 Å². The Morgan fingerprint density at radius 1 is 0.923 bits per heavy atom. The van der Waals surface area contributed by atoms with E-state index >= 15 is 0 Å². The van der Waals surface area contributed by atoms with Crippen molar-refractivity contribution < 1.29 is 9.53 Å². The fourth-order valence-electron chi connectivity index (χ4n) is 2.73. The van der Waals surface area contributed by atoms with E-state index in [1.54, 1.807) is 18.3 Å². The maximum atomic E-state index is 12.6. The maximum Gasteiger partial charge on any atom is 0.340 e. The first-order valence-electron chi connectivity index (χ1n) is 8.72. The number of benzene rings is 2. The van der Waals surface area contributed by atoms with Crippen LogP contribution in [0.3, 0.4) is 0 Å². The molecule has 0 amide bonds. The normalized spacial score (nSPS) is 11.2. The summed E-state index contributed by atoms with van der Waals surface area (Å²) in [5.41, 5.74) is 4.31. The van der Waals surface area contributed by atoms with Crippen molar-refractivity contribution in [1.29, 1.82) is 0 Å². The Kier molecular flexibility index (Phi) is 5.17. The van der Waals surface area contributed by atoms with Gasteiger partial charge in [0.05, 0.1) is 11.3 Å². The number of carbonyl (C=O) groups excluding carboxylic acids is 1. The largest absolute Gasteiger partial charge is 0.457 e. The van der Waals surface area contributed by atoms with E-state index in [1.165, 1.54) is 5.56 Å². The van der Waals surface area contributed by atoms with E-state index in [9.17, 15) is 4.79 Å². The summed E-state index contributed by atoms with van der Waals surface area (Å²) in [6.45, 7) is 6.77. The van der Waals surface area contributed by atoms with Gasteiger partial charge in [0.1, 0.15) is 6.61 Å². The van der Waals surface area contributed by atoms with Crippen molar-refractivity contribution >= 4 is 5.97 Å². The molecule has 0 aliphatic heterocycles. The molecule has 0 saturated carbocycles. The van der Waals surface area contributed by atoms with Gasteiger partial charge in [-0.2, -0.15) is 0 Å². The minimum atomic E-state index is -0.364. The number of hydrogen-bond acceptors (Lipinski definition) is 3. The molecule has 132 valence electrons. The first kappa shape index (κ1) is 17.9. The Morgan fingerprint density at radius 3 is 2.27 bits per heavy atom. The number of rotatable bonds is 4. The van der Waals surface area contributed by atoms with Gasteiger partial charge in [-0.05, 0) is 28.7 Å². The van der Waals surface area contributed by atoms with Gasteiger partial charge < -0.3 is 4.74 Å². The predicted octanol–water partition coefficient (Wildman–Crippen LogP) is 5.40. The Morgan fingerprint density at radius 2 is 1.62 bits per heavy atom. The first-order valence-corrected chi connectivity index (χ1v) is 8.72. The SMILES string of the molecule is CC(C)(C)c1ccc(-c2ncccc2C(=O)OCc2ccccc2)cc1. The molecule has 3 heteroatoms. The number of aromatic nitrogens is 1. The predicted molar refractivity (Wildman–Crippen MR) is 104 cm³/mol. The summed E-state index contributed by atoms with van der Waals surface area (Å²) in [6, 6.07) is 21.4. The number of ether oxygens (including phenoxy) is 1. The first-order chi connectivity index (χ1) is 12.4. The van der Waals surface area contributed by atoms with Crippen LogP contribution in [0.15, 0.2) is 72.9 Å². The molecule has 0 unspecified atom stereocenters. The van der Waals surface area contributed by atoms with Crippen molar-refractivity contribution in [2.24, 2.45) is 0 Å². The lowest BCUT2D eigenvalue weighted by atomic mass is 9.86. The molecule has 2 aromatic carbocycles. The molecule has 3 nitrogen and oxygen atoms in total. The van der Waals surface area contributed by atoms with E-state index in [2.05, 4.69) is 37.9 Å². The highest BCUT2D eigenvalue weighted by molar-refractivity contribution is 5.96. The van der Waals surface area contributed by atoms with Gasteiger partial charge in [-0.15, -0.1) is 0 Å². The average molecular weight is 345 g/mol. The summed E-state index contributed by atoms with van der Waals surface area (Å²) in [5, 5.41) is 0. The molecule has 0 saturated heterocycles. The van der Waals surface area contributed by atoms with Crippen LogP contribution in [0.1, 0.15) is 42.3 Å². The van der Waals surface area contributed by atoms with E-state index in [0.717, 1.165) is 11.1 Å². The van der Waals surface area contributed by atoms with Crippen LogP contribution in [0.4, 0.5) is 0 Å². The summed E-state index contributed by atoms with van der Waals surface area (Å²) >= 11 is 0. The van der Waals surface area contributed by atoms with Crippen LogP contribution >= 0.6 is 0 Å². The highest BCUT2D eigenvalue weighted by Gasteiger charge is 2.17. The second-order valence-electron chi connectivity index (χ2n) is 7.29. The molecule has 3 rings (SSSR count). The van der Waals surface area contributed by atoms with Crippen molar-refractivity contribution in [3.05, 3.63) is 89.6 Å². The monoisotopic (exact) mass is 345 g/mol. The topological polar surface area (TPSA) is 39.2 Å². The van der Waals surface area contributed by atoms with Gasteiger partial charge in [0.15, 0.2) is 0 Å². The lowest BCUT2D eigenvalue weighted by Crippen LogP contribution is -2.11. The third-order valence-corrected chi connectivity index (χ3v) is 4.26. The zero-order chi connectivity index (χ0) is 18.6. The van der Waals surface area contributed by atoms with E-state index in [-0.39, 0.29) is 18.0 Å². The maximum absolute atomic E-state index is 12.6. The smallest absolute Gasteiger partial charge is 0.340 e. The highest BCUT2D eigenvalue weighted by Crippen LogP contribution is 2.27. The van der Waals surface area contributed by atoms with Crippen molar-refractivity contribution in [2.75, 3.05) is 0 Å². The van der Waals surface area contributed by atoms with E-state index in [0.29, 0.717) is 11.3 Å². The van der Waals surface area contributed by atoms with Crippen molar-refractivity contribution in [1.82, 2.24) is 4.98 Å². The summed E-state index contributed by atoms with van der Waals surface area (Å²) in [4.78, 5) is 17.0. The number of esters is 1. The lowest BCUT2D eigenvalue weighted by Gasteiger charge is -2.19.